The highest BCUT2D eigenvalue weighted by molar-refractivity contribution is 6.36. The van der Waals surface area contributed by atoms with Crippen molar-refractivity contribution >= 4 is 34.6 Å². The van der Waals surface area contributed by atoms with Gasteiger partial charge >= 0.3 is 0 Å². The summed E-state index contributed by atoms with van der Waals surface area (Å²) in [7, 11) is 0. The predicted molar refractivity (Wildman–Crippen MR) is 91.1 cm³/mol. The first-order valence-corrected chi connectivity index (χ1v) is 7.61. The highest BCUT2D eigenvalue weighted by Gasteiger charge is 2.02. The summed E-state index contributed by atoms with van der Waals surface area (Å²) in [6.45, 7) is 4.11. The van der Waals surface area contributed by atoms with E-state index < -0.39 is 0 Å². The molecule has 0 saturated carbocycles. The summed E-state index contributed by atoms with van der Waals surface area (Å²) in [6.07, 6.45) is 0. The molecule has 0 aliphatic carbocycles. The number of rotatable bonds is 7. The Morgan fingerprint density at radius 2 is 1.67 bits per heavy atom. The van der Waals surface area contributed by atoms with Crippen LogP contribution in [-0.4, -0.2) is 19.7 Å². The van der Waals surface area contributed by atoms with Crippen molar-refractivity contribution in [3.63, 3.8) is 0 Å². The van der Waals surface area contributed by atoms with E-state index in [1.54, 1.807) is 6.07 Å². The van der Waals surface area contributed by atoms with E-state index in [1.165, 1.54) is 0 Å². The molecule has 0 atom stereocenters. The Morgan fingerprint density at radius 3 is 2.38 bits per heavy atom. The van der Waals surface area contributed by atoms with Crippen molar-refractivity contribution in [1.82, 2.24) is 0 Å². The first-order valence-electron chi connectivity index (χ1n) is 6.85. The van der Waals surface area contributed by atoms with Gasteiger partial charge in [0.1, 0.15) is 5.75 Å². The number of hydrogen-bond donors (Lipinski definition) is 2. The van der Waals surface area contributed by atoms with E-state index in [2.05, 4.69) is 10.6 Å². The molecule has 2 rings (SSSR count). The van der Waals surface area contributed by atoms with Gasteiger partial charge in [-0.25, -0.2) is 0 Å². The number of halogens is 2. The summed E-state index contributed by atoms with van der Waals surface area (Å²) < 4.78 is 5.57. The molecule has 0 radical (unpaired) electrons. The van der Waals surface area contributed by atoms with Crippen LogP contribution in [0, 0.1) is 0 Å². The fraction of sp³-hybridized carbons (Fsp3) is 0.250. The summed E-state index contributed by atoms with van der Waals surface area (Å²) in [5.41, 5.74) is 1.87. The lowest BCUT2D eigenvalue weighted by Gasteiger charge is -2.13. The maximum Gasteiger partial charge on any atom is 0.142 e. The molecule has 2 aromatic rings. The smallest absolute Gasteiger partial charge is 0.142 e. The lowest BCUT2D eigenvalue weighted by Crippen LogP contribution is -2.14. The second kappa shape index (κ2) is 8.01. The molecule has 21 heavy (non-hydrogen) atoms. The minimum Gasteiger partial charge on any atom is -0.492 e. The zero-order valence-electron chi connectivity index (χ0n) is 11.8. The predicted octanol–water partition coefficient (Wildman–Crippen LogP) is 4.92. The quantitative estimate of drug-likeness (QED) is 0.709. The summed E-state index contributed by atoms with van der Waals surface area (Å²) in [4.78, 5) is 0. The van der Waals surface area contributed by atoms with Gasteiger partial charge < -0.3 is 15.4 Å². The molecule has 0 aliphatic rings. The van der Waals surface area contributed by atoms with Crippen molar-refractivity contribution in [2.24, 2.45) is 0 Å². The van der Waals surface area contributed by atoms with Gasteiger partial charge in [0, 0.05) is 18.1 Å². The molecule has 0 aliphatic heterocycles. The van der Waals surface area contributed by atoms with E-state index in [0.717, 1.165) is 30.2 Å². The number of benzene rings is 2. The van der Waals surface area contributed by atoms with Crippen LogP contribution in [0.5, 0.6) is 5.75 Å². The van der Waals surface area contributed by atoms with E-state index >= 15 is 0 Å². The third-order valence-electron chi connectivity index (χ3n) is 2.87. The Morgan fingerprint density at radius 1 is 0.952 bits per heavy atom. The van der Waals surface area contributed by atoms with Gasteiger partial charge in [0.15, 0.2) is 0 Å². The van der Waals surface area contributed by atoms with Gasteiger partial charge in [0.2, 0.25) is 0 Å². The molecule has 112 valence electrons. The summed E-state index contributed by atoms with van der Waals surface area (Å²) in [5, 5.41) is 7.87. The maximum absolute atomic E-state index is 6.10. The van der Waals surface area contributed by atoms with Crippen LogP contribution in [0.25, 0.3) is 0 Å². The molecule has 2 N–H and O–H groups in total. The molecule has 0 saturated heterocycles. The fourth-order valence-corrected chi connectivity index (χ4v) is 2.40. The monoisotopic (exact) mass is 324 g/mol. The first-order chi connectivity index (χ1) is 10.2. The van der Waals surface area contributed by atoms with Gasteiger partial charge in [-0.1, -0.05) is 35.3 Å². The van der Waals surface area contributed by atoms with Crippen molar-refractivity contribution in [3.05, 3.63) is 52.5 Å². The second-order valence-corrected chi connectivity index (χ2v) is 5.25. The van der Waals surface area contributed by atoms with E-state index in [4.69, 9.17) is 27.9 Å². The number of ether oxygens (including phenoxy) is 1. The molecule has 5 heteroatoms. The molecule has 3 nitrogen and oxygen atoms in total. The molecule has 0 unspecified atom stereocenters. The van der Waals surface area contributed by atoms with Gasteiger partial charge in [-0.3, -0.25) is 0 Å². The Balaban J connectivity index is 1.84. The average molecular weight is 325 g/mol. The normalized spacial score (nSPS) is 10.2. The third kappa shape index (κ3) is 4.73. The van der Waals surface area contributed by atoms with Gasteiger partial charge in [0.25, 0.3) is 0 Å². The van der Waals surface area contributed by atoms with Crippen LogP contribution in [0.15, 0.2) is 42.5 Å². The highest BCUT2D eigenvalue weighted by Crippen LogP contribution is 2.25. The zero-order chi connectivity index (χ0) is 15.1. The molecule has 2 aromatic carbocycles. The van der Waals surface area contributed by atoms with E-state index in [-0.39, 0.29) is 0 Å². The number of hydrogen-bond acceptors (Lipinski definition) is 3. The summed E-state index contributed by atoms with van der Waals surface area (Å²) in [6, 6.07) is 13.3. The van der Waals surface area contributed by atoms with Gasteiger partial charge in [-0.05, 0) is 37.3 Å². The summed E-state index contributed by atoms with van der Waals surface area (Å²) >= 11 is 12.0. The van der Waals surface area contributed by atoms with Crippen molar-refractivity contribution < 1.29 is 4.74 Å². The van der Waals surface area contributed by atoms with E-state index in [0.29, 0.717) is 16.7 Å². The number of para-hydroxylation sites is 2. The molecule has 0 fully saturated rings. The van der Waals surface area contributed by atoms with Crippen LogP contribution in [-0.2, 0) is 0 Å². The highest BCUT2D eigenvalue weighted by atomic mass is 35.5. The lowest BCUT2D eigenvalue weighted by molar-refractivity contribution is 0.342. The van der Waals surface area contributed by atoms with Crippen molar-refractivity contribution in [2.45, 2.75) is 6.92 Å². The molecule has 0 heterocycles. The minimum atomic E-state index is 0.622. The largest absolute Gasteiger partial charge is 0.492 e. The molecule has 0 amide bonds. The Hall–Kier alpha value is -1.58. The average Bonchev–Trinajstić information content (AvgIpc) is 2.47. The van der Waals surface area contributed by atoms with Gasteiger partial charge in [0.05, 0.1) is 23.0 Å². The van der Waals surface area contributed by atoms with E-state index in [9.17, 15) is 0 Å². The van der Waals surface area contributed by atoms with Gasteiger partial charge in [-0.2, -0.15) is 0 Å². The topological polar surface area (TPSA) is 33.3 Å². The Bertz CT molecular complexity index is 590. The van der Waals surface area contributed by atoms with Crippen molar-refractivity contribution in [3.8, 4) is 5.75 Å². The van der Waals surface area contributed by atoms with Crippen LogP contribution in [0.2, 0.25) is 10.0 Å². The van der Waals surface area contributed by atoms with Crippen LogP contribution in [0.1, 0.15) is 6.92 Å². The van der Waals surface area contributed by atoms with Crippen LogP contribution >= 0.6 is 23.2 Å². The Labute approximate surface area is 135 Å². The molecule has 0 spiro atoms. The van der Waals surface area contributed by atoms with Crippen LogP contribution in [0.4, 0.5) is 11.4 Å². The van der Waals surface area contributed by atoms with Gasteiger partial charge in [-0.15, -0.1) is 0 Å². The number of anilines is 2. The third-order valence-corrected chi connectivity index (χ3v) is 3.42. The number of nitrogens with one attached hydrogen (secondary N) is 2. The fourth-order valence-electron chi connectivity index (χ4n) is 1.92. The molecular weight excluding hydrogens is 307 g/mol. The molecule has 0 bridgehead atoms. The zero-order valence-corrected chi connectivity index (χ0v) is 13.3. The SMILES string of the molecule is CCOc1ccccc1NCCNc1ccc(Cl)cc1Cl. The maximum atomic E-state index is 6.10. The molecular formula is C16H18Cl2N2O. The van der Waals surface area contributed by atoms with E-state index in [1.807, 2.05) is 43.3 Å². The second-order valence-electron chi connectivity index (χ2n) is 4.41. The standard InChI is InChI=1S/C16H18Cl2N2O/c1-2-21-16-6-4-3-5-15(16)20-10-9-19-14-8-7-12(17)11-13(14)18/h3-8,11,19-20H,2,9-10H2,1H3. The van der Waals surface area contributed by atoms with Crippen LogP contribution in [0.3, 0.4) is 0 Å². The van der Waals surface area contributed by atoms with Crippen molar-refractivity contribution in [1.29, 1.82) is 0 Å². The first kappa shape index (κ1) is 15.8. The minimum absolute atomic E-state index is 0.622. The molecule has 0 aromatic heterocycles. The van der Waals surface area contributed by atoms with Crippen molar-refractivity contribution in [2.75, 3.05) is 30.3 Å². The summed E-state index contributed by atoms with van der Waals surface area (Å²) in [5.74, 6) is 0.865. The van der Waals surface area contributed by atoms with Crippen LogP contribution < -0.4 is 15.4 Å². The lowest BCUT2D eigenvalue weighted by atomic mass is 10.3. The Kier molecular flexibility index (Phi) is 6.03.